The van der Waals surface area contributed by atoms with Gasteiger partial charge in [-0.2, -0.15) is 0 Å². The molecule has 0 saturated carbocycles. The number of amides is 1. The minimum Gasteiger partial charge on any atom is -0.425 e. The first-order valence-electron chi connectivity index (χ1n) is 7.09. The van der Waals surface area contributed by atoms with Gasteiger partial charge in [0, 0.05) is 36.0 Å². The summed E-state index contributed by atoms with van der Waals surface area (Å²) in [5.41, 5.74) is 0.642. The molecular weight excluding hydrogens is 370 g/mol. The normalized spacial score (nSPS) is 16.0. The molecule has 0 atom stereocenters. The third-order valence-electron chi connectivity index (χ3n) is 3.84. The molecule has 1 aromatic carbocycles. The summed E-state index contributed by atoms with van der Waals surface area (Å²) in [5, 5.41) is 8.54. The average molecular weight is 385 g/mol. The summed E-state index contributed by atoms with van der Waals surface area (Å²) < 4.78 is 6.22. The van der Waals surface area contributed by atoms with E-state index in [1.807, 2.05) is 4.90 Å². The van der Waals surface area contributed by atoms with E-state index >= 15 is 0 Å². The van der Waals surface area contributed by atoms with Crippen molar-refractivity contribution in [3.8, 4) is 0 Å². The Morgan fingerprint density at radius 1 is 1.36 bits per heavy atom. The first-order valence-corrected chi connectivity index (χ1v) is 8.26. The molecule has 3 rings (SSSR count). The van der Waals surface area contributed by atoms with Crippen LogP contribution in [0.5, 0.6) is 0 Å². The van der Waals surface area contributed by atoms with Gasteiger partial charge in [-0.05, 0) is 47.0 Å². The second-order valence-corrected chi connectivity index (χ2v) is 6.62. The van der Waals surface area contributed by atoms with Gasteiger partial charge < -0.3 is 9.32 Å². The van der Waals surface area contributed by atoms with Gasteiger partial charge in [0.05, 0.1) is 5.02 Å². The molecule has 0 spiro atoms. The van der Waals surface area contributed by atoms with Crippen LogP contribution in [0.4, 0.5) is 0 Å². The highest BCUT2D eigenvalue weighted by Crippen LogP contribution is 2.29. The summed E-state index contributed by atoms with van der Waals surface area (Å²) in [7, 11) is 0. The number of nitrogens with zero attached hydrogens (tertiary/aromatic N) is 3. The molecule has 1 amide bonds. The molecule has 22 heavy (non-hydrogen) atoms. The van der Waals surface area contributed by atoms with Gasteiger partial charge >= 0.3 is 0 Å². The van der Waals surface area contributed by atoms with E-state index in [9.17, 15) is 4.79 Å². The van der Waals surface area contributed by atoms with E-state index in [-0.39, 0.29) is 11.8 Å². The standard InChI is InChI=1S/C15H15BrClN3O2/c1-9-18-19-14(22-9)10-4-6-20(7-5-10)15(21)11-2-3-13(17)12(16)8-11/h2-3,8,10H,4-7H2,1H3. The van der Waals surface area contributed by atoms with E-state index in [1.54, 1.807) is 25.1 Å². The van der Waals surface area contributed by atoms with Crippen molar-refractivity contribution >= 4 is 33.4 Å². The van der Waals surface area contributed by atoms with Crippen LogP contribution in [0, 0.1) is 6.92 Å². The SMILES string of the molecule is Cc1nnc(C2CCN(C(=O)c3ccc(Cl)c(Br)c3)CC2)o1. The molecular formula is C15H15BrClN3O2. The number of carbonyl (C=O) groups is 1. The molecule has 0 unspecified atom stereocenters. The lowest BCUT2D eigenvalue weighted by molar-refractivity contribution is 0.0706. The molecule has 116 valence electrons. The molecule has 2 aromatic rings. The van der Waals surface area contributed by atoms with Gasteiger partial charge in [0.15, 0.2) is 0 Å². The lowest BCUT2D eigenvalue weighted by Gasteiger charge is -2.30. The van der Waals surface area contributed by atoms with Crippen LogP contribution in [0.2, 0.25) is 5.02 Å². The number of likely N-dealkylation sites (tertiary alicyclic amines) is 1. The maximum atomic E-state index is 12.5. The highest BCUT2D eigenvalue weighted by atomic mass is 79.9. The number of rotatable bonds is 2. The maximum Gasteiger partial charge on any atom is 0.253 e. The topological polar surface area (TPSA) is 59.2 Å². The molecule has 0 N–H and O–H groups in total. The van der Waals surface area contributed by atoms with Crippen LogP contribution in [0.25, 0.3) is 0 Å². The van der Waals surface area contributed by atoms with Crippen molar-refractivity contribution in [3.05, 3.63) is 45.0 Å². The third kappa shape index (κ3) is 3.17. The van der Waals surface area contributed by atoms with Crippen molar-refractivity contribution < 1.29 is 9.21 Å². The zero-order valence-corrected chi connectivity index (χ0v) is 14.4. The summed E-state index contributed by atoms with van der Waals surface area (Å²) in [6.07, 6.45) is 1.67. The van der Waals surface area contributed by atoms with Crippen molar-refractivity contribution in [2.24, 2.45) is 0 Å². The van der Waals surface area contributed by atoms with Gasteiger partial charge in [-0.15, -0.1) is 10.2 Å². The van der Waals surface area contributed by atoms with Gasteiger partial charge in [0.1, 0.15) is 0 Å². The Balaban J connectivity index is 1.65. The van der Waals surface area contributed by atoms with Crippen molar-refractivity contribution in [2.75, 3.05) is 13.1 Å². The Morgan fingerprint density at radius 3 is 2.68 bits per heavy atom. The molecule has 0 bridgehead atoms. The number of aryl methyl sites for hydroxylation is 1. The van der Waals surface area contributed by atoms with Crippen LogP contribution in [0.3, 0.4) is 0 Å². The van der Waals surface area contributed by atoms with Crippen molar-refractivity contribution in [1.82, 2.24) is 15.1 Å². The molecule has 1 aromatic heterocycles. The van der Waals surface area contributed by atoms with Crippen LogP contribution in [0.1, 0.15) is 40.9 Å². The lowest BCUT2D eigenvalue weighted by atomic mass is 9.96. The van der Waals surface area contributed by atoms with E-state index in [0.29, 0.717) is 35.5 Å². The monoisotopic (exact) mass is 383 g/mol. The predicted octanol–water partition coefficient (Wildman–Crippen LogP) is 3.81. The van der Waals surface area contributed by atoms with Crippen LogP contribution < -0.4 is 0 Å². The van der Waals surface area contributed by atoms with Gasteiger partial charge in [-0.1, -0.05) is 11.6 Å². The number of benzene rings is 1. The highest BCUT2D eigenvalue weighted by Gasteiger charge is 2.27. The summed E-state index contributed by atoms with van der Waals surface area (Å²) in [5.74, 6) is 1.53. The zero-order chi connectivity index (χ0) is 15.7. The first kappa shape index (κ1) is 15.5. The van der Waals surface area contributed by atoms with Crippen LogP contribution in [-0.4, -0.2) is 34.1 Å². The van der Waals surface area contributed by atoms with Crippen molar-refractivity contribution in [2.45, 2.75) is 25.7 Å². The van der Waals surface area contributed by atoms with Crippen molar-refractivity contribution in [3.63, 3.8) is 0 Å². The lowest BCUT2D eigenvalue weighted by Crippen LogP contribution is -2.38. The summed E-state index contributed by atoms with van der Waals surface area (Å²) in [6, 6.07) is 5.24. The first-order chi connectivity index (χ1) is 10.5. The summed E-state index contributed by atoms with van der Waals surface area (Å²) in [4.78, 5) is 14.4. The molecule has 7 heteroatoms. The van der Waals surface area contributed by atoms with Crippen LogP contribution in [-0.2, 0) is 0 Å². The van der Waals surface area contributed by atoms with Gasteiger partial charge in [-0.25, -0.2) is 0 Å². The van der Waals surface area contributed by atoms with Crippen molar-refractivity contribution in [1.29, 1.82) is 0 Å². The minimum absolute atomic E-state index is 0.0255. The third-order valence-corrected chi connectivity index (χ3v) is 5.05. The Kier molecular flexibility index (Phi) is 4.49. The largest absolute Gasteiger partial charge is 0.425 e. The average Bonchev–Trinajstić information content (AvgIpc) is 2.96. The molecule has 1 fully saturated rings. The van der Waals surface area contributed by atoms with E-state index in [1.165, 1.54) is 0 Å². The number of aromatic nitrogens is 2. The minimum atomic E-state index is 0.0255. The fourth-order valence-corrected chi connectivity index (χ4v) is 3.11. The maximum absolute atomic E-state index is 12.5. The molecule has 0 aliphatic carbocycles. The quantitative estimate of drug-likeness (QED) is 0.790. The number of carbonyl (C=O) groups excluding carboxylic acids is 1. The highest BCUT2D eigenvalue weighted by molar-refractivity contribution is 9.10. The fraction of sp³-hybridized carbons (Fsp3) is 0.400. The Hall–Kier alpha value is -1.40. The van der Waals surface area contributed by atoms with Gasteiger partial charge in [-0.3, -0.25) is 4.79 Å². The van der Waals surface area contributed by atoms with Gasteiger partial charge in [0.2, 0.25) is 11.8 Å². The fourth-order valence-electron chi connectivity index (χ4n) is 2.62. The van der Waals surface area contributed by atoms with Gasteiger partial charge in [0.25, 0.3) is 5.91 Å². The molecule has 0 radical (unpaired) electrons. The van der Waals surface area contributed by atoms with Crippen LogP contribution >= 0.6 is 27.5 Å². The van der Waals surface area contributed by atoms with E-state index < -0.39 is 0 Å². The number of hydrogen-bond acceptors (Lipinski definition) is 4. The second-order valence-electron chi connectivity index (χ2n) is 5.35. The summed E-state index contributed by atoms with van der Waals surface area (Å²) >= 11 is 9.32. The molecule has 2 heterocycles. The smallest absolute Gasteiger partial charge is 0.253 e. The number of piperidine rings is 1. The molecule has 5 nitrogen and oxygen atoms in total. The Labute approximate surface area is 141 Å². The van der Waals surface area contributed by atoms with E-state index in [2.05, 4.69) is 26.1 Å². The predicted molar refractivity (Wildman–Crippen MR) is 86.1 cm³/mol. The molecule has 1 aliphatic rings. The molecule has 1 aliphatic heterocycles. The Bertz CT molecular complexity index is 696. The van der Waals surface area contributed by atoms with E-state index in [4.69, 9.17) is 16.0 Å². The van der Waals surface area contributed by atoms with E-state index in [0.717, 1.165) is 17.3 Å². The summed E-state index contributed by atoms with van der Waals surface area (Å²) in [6.45, 7) is 3.16. The molecule has 1 saturated heterocycles. The van der Waals surface area contributed by atoms with Crippen LogP contribution in [0.15, 0.2) is 27.1 Å². The number of hydrogen-bond donors (Lipinski definition) is 0. The second kappa shape index (κ2) is 6.38. The zero-order valence-electron chi connectivity index (χ0n) is 12.1. The number of halogens is 2. The Morgan fingerprint density at radius 2 is 2.09 bits per heavy atom.